The van der Waals surface area contributed by atoms with E-state index in [1.165, 1.54) is 6.08 Å². The lowest BCUT2D eigenvalue weighted by Crippen LogP contribution is -2.00. The number of rotatable bonds is 5. The number of aliphatic imine (C=N–C) groups is 1. The molecule has 4 nitrogen and oxygen atoms in total. The van der Waals surface area contributed by atoms with Gasteiger partial charge in [0.05, 0.1) is 6.42 Å². The predicted octanol–water partition coefficient (Wildman–Crippen LogP) is 2.67. The largest absolute Gasteiger partial charge is 0.489 e. The second-order valence-corrected chi connectivity index (χ2v) is 4.20. The van der Waals surface area contributed by atoms with Crippen LogP contribution in [0.1, 0.15) is 11.1 Å². The van der Waals surface area contributed by atoms with E-state index >= 15 is 0 Å². The van der Waals surface area contributed by atoms with Crippen LogP contribution in [0.2, 0.25) is 0 Å². The van der Waals surface area contributed by atoms with Gasteiger partial charge in [-0.05, 0) is 23.3 Å². The van der Waals surface area contributed by atoms with Crippen LogP contribution in [0.4, 0.5) is 0 Å². The molecule has 0 N–H and O–H groups in total. The minimum absolute atomic E-state index is 0.0672. The van der Waals surface area contributed by atoms with Crippen LogP contribution in [-0.4, -0.2) is 12.0 Å². The van der Waals surface area contributed by atoms with Gasteiger partial charge in [0, 0.05) is 0 Å². The number of nitrogens with zero attached hydrogens (tertiary/aromatic N) is 1. The summed E-state index contributed by atoms with van der Waals surface area (Å²) < 4.78 is 5.65. The third-order valence-electron chi connectivity index (χ3n) is 2.67. The zero-order valence-corrected chi connectivity index (χ0v) is 10.8. The van der Waals surface area contributed by atoms with Gasteiger partial charge in [0.2, 0.25) is 6.08 Å². The molecular formula is C16H13NO3. The summed E-state index contributed by atoms with van der Waals surface area (Å²) in [7, 11) is 0. The van der Waals surface area contributed by atoms with Crippen molar-refractivity contribution in [2.24, 2.45) is 4.99 Å². The normalized spacial score (nSPS) is 9.60. The summed E-state index contributed by atoms with van der Waals surface area (Å²) in [6.07, 6.45) is 1.31. The Morgan fingerprint density at radius 1 is 1.05 bits per heavy atom. The van der Waals surface area contributed by atoms with Gasteiger partial charge >= 0.3 is 0 Å². The zero-order chi connectivity index (χ0) is 14.2. The van der Waals surface area contributed by atoms with Crippen LogP contribution in [0.5, 0.6) is 5.75 Å². The van der Waals surface area contributed by atoms with E-state index < -0.39 is 5.91 Å². The maximum absolute atomic E-state index is 11.2. The Morgan fingerprint density at radius 3 is 2.55 bits per heavy atom. The Kier molecular flexibility index (Phi) is 4.81. The number of carbonyl (C=O) groups excluding carboxylic acids is 2. The van der Waals surface area contributed by atoms with Gasteiger partial charge in [0.15, 0.2) is 0 Å². The first kappa shape index (κ1) is 13.7. The molecule has 2 rings (SSSR count). The fourth-order valence-corrected chi connectivity index (χ4v) is 1.75. The van der Waals surface area contributed by atoms with E-state index in [0.717, 1.165) is 11.1 Å². The minimum atomic E-state index is -0.514. The highest BCUT2D eigenvalue weighted by Gasteiger charge is 2.03. The van der Waals surface area contributed by atoms with Gasteiger partial charge in [-0.2, -0.15) is 0 Å². The second-order valence-electron chi connectivity index (χ2n) is 4.20. The lowest BCUT2D eigenvalue weighted by molar-refractivity contribution is -0.117. The van der Waals surface area contributed by atoms with E-state index in [2.05, 4.69) is 4.99 Å². The first-order valence-corrected chi connectivity index (χ1v) is 6.14. The third kappa shape index (κ3) is 4.19. The Morgan fingerprint density at radius 2 is 1.80 bits per heavy atom. The molecule has 0 radical (unpaired) electrons. The van der Waals surface area contributed by atoms with Gasteiger partial charge in [-0.25, -0.2) is 4.79 Å². The number of benzene rings is 2. The quantitative estimate of drug-likeness (QED) is 0.618. The molecule has 0 aliphatic heterocycles. The molecule has 0 aromatic heterocycles. The summed E-state index contributed by atoms with van der Waals surface area (Å²) >= 11 is 0. The molecule has 0 saturated heterocycles. The van der Waals surface area contributed by atoms with Gasteiger partial charge in [-0.15, -0.1) is 4.99 Å². The van der Waals surface area contributed by atoms with Crippen molar-refractivity contribution in [3.63, 3.8) is 0 Å². The Bertz CT molecular complexity index is 631. The Hall–Kier alpha value is -2.71. The van der Waals surface area contributed by atoms with E-state index in [1.807, 2.05) is 36.4 Å². The van der Waals surface area contributed by atoms with Crippen LogP contribution in [0, 0.1) is 0 Å². The summed E-state index contributed by atoms with van der Waals surface area (Å²) in [5.74, 6) is 0.162. The van der Waals surface area contributed by atoms with Crippen LogP contribution in [0.25, 0.3) is 0 Å². The molecule has 4 heteroatoms. The standard InChI is InChI=1S/C16H13NO3/c18-12-17-16(19)10-14-7-4-8-15(9-14)20-11-13-5-2-1-3-6-13/h1-9H,10-11H2. The number of amides is 1. The van der Waals surface area contributed by atoms with Crippen molar-refractivity contribution in [1.29, 1.82) is 0 Å². The van der Waals surface area contributed by atoms with Crippen molar-refractivity contribution in [2.45, 2.75) is 13.0 Å². The molecule has 0 aliphatic rings. The van der Waals surface area contributed by atoms with Gasteiger partial charge in [0.1, 0.15) is 12.4 Å². The summed E-state index contributed by atoms with van der Waals surface area (Å²) in [4.78, 5) is 24.3. The molecule has 0 bridgehead atoms. The van der Waals surface area contributed by atoms with Gasteiger partial charge in [0.25, 0.3) is 5.91 Å². The summed E-state index contributed by atoms with van der Waals surface area (Å²) in [6.45, 7) is 0.463. The number of hydrogen-bond donors (Lipinski definition) is 0. The van der Waals surface area contributed by atoms with Crippen LogP contribution < -0.4 is 4.74 Å². The highest BCUT2D eigenvalue weighted by atomic mass is 16.5. The van der Waals surface area contributed by atoms with Crippen LogP contribution >= 0.6 is 0 Å². The molecule has 0 atom stereocenters. The molecular weight excluding hydrogens is 254 g/mol. The molecule has 100 valence electrons. The van der Waals surface area contributed by atoms with E-state index in [1.54, 1.807) is 18.2 Å². The van der Waals surface area contributed by atoms with Crippen molar-refractivity contribution in [3.8, 4) is 5.75 Å². The topological polar surface area (TPSA) is 55.7 Å². The fraction of sp³-hybridized carbons (Fsp3) is 0.125. The number of ether oxygens (including phenoxy) is 1. The Labute approximate surface area is 116 Å². The van der Waals surface area contributed by atoms with E-state index in [4.69, 9.17) is 4.74 Å². The molecule has 2 aromatic rings. The summed E-state index contributed by atoms with van der Waals surface area (Å²) in [5.41, 5.74) is 1.82. The molecule has 2 aromatic carbocycles. The molecule has 0 spiro atoms. The zero-order valence-electron chi connectivity index (χ0n) is 10.8. The first-order chi connectivity index (χ1) is 9.78. The lowest BCUT2D eigenvalue weighted by atomic mass is 10.1. The maximum Gasteiger partial charge on any atom is 0.260 e. The van der Waals surface area contributed by atoms with E-state index in [9.17, 15) is 9.59 Å². The smallest absolute Gasteiger partial charge is 0.260 e. The van der Waals surface area contributed by atoms with E-state index in [0.29, 0.717) is 12.4 Å². The highest BCUT2D eigenvalue weighted by molar-refractivity contribution is 5.83. The predicted molar refractivity (Wildman–Crippen MR) is 74.0 cm³/mol. The molecule has 0 fully saturated rings. The maximum atomic E-state index is 11.2. The van der Waals surface area contributed by atoms with Crippen molar-refractivity contribution in [2.75, 3.05) is 0 Å². The number of carbonyl (C=O) groups is 1. The van der Waals surface area contributed by atoms with Crippen molar-refractivity contribution >= 4 is 12.0 Å². The number of hydrogen-bond acceptors (Lipinski definition) is 3. The van der Waals surface area contributed by atoms with Crippen molar-refractivity contribution < 1.29 is 14.3 Å². The molecule has 0 saturated carbocycles. The first-order valence-electron chi connectivity index (χ1n) is 6.14. The van der Waals surface area contributed by atoms with Gasteiger partial charge in [-0.3, -0.25) is 4.79 Å². The average Bonchev–Trinajstić information content (AvgIpc) is 2.47. The van der Waals surface area contributed by atoms with Crippen molar-refractivity contribution in [1.82, 2.24) is 0 Å². The van der Waals surface area contributed by atoms with Crippen LogP contribution in [0.3, 0.4) is 0 Å². The van der Waals surface area contributed by atoms with E-state index in [-0.39, 0.29) is 6.42 Å². The molecule has 0 unspecified atom stereocenters. The van der Waals surface area contributed by atoms with Gasteiger partial charge < -0.3 is 4.74 Å². The summed E-state index contributed by atoms with van der Waals surface area (Å²) in [5, 5.41) is 0. The minimum Gasteiger partial charge on any atom is -0.489 e. The Balaban J connectivity index is 1.99. The monoisotopic (exact) mass is 267 g/mol. The third-order valence-corrected chi connectivity index (χ3v) is 2.67. The second kappa shape index (κ2) is 7.02. The molecule has 1 amide bonds. The highest BCUT2D eigenvalue weighted by Crippen LogP contribution is 2.15. The van der Waals surface area contributed by atoms with Gasteiger partial charge in [-0.1, -0.05) is 42.5 Å². The lowest BCUT2D eigenvalue weighted by Gasteiger charge is -2.07. The SMILES string of the molecule is O=C=NC(=O)Cc1cccc(OCc2ccccc2)c1. The van der Waals surface area contributed by atoms with Crippen molar-refractivity contribution in [3.05, 3.63) is 65.7 Å². The number of isocyanates is 1. The van der Waals surface area contributed by atoms with Crippen LogP contribution in [-0.2, 0) is 22.6 Å². The van der Waals surface area contributed by atoms with Crippen LogP contribution in [0.15, 0.2) is 59.6 Å². The average molecular weight is 267 g/mol. The molecule has 0 heterocycles. The molecule has 20 heavy (non-hydrogen) atoms. The summed E-state index contributed by atoms with van der Waals surface area (Å²) in [6, 6.07) is 17.0. The fourth-order valence-electron chi connectivity index (χ4n) is 1.75. The molecule has 0 aliphatic carbocycles.